The van der Waals surface area contributed by atoms with Gasteiger partial charge in [0.25, 0.3) is 0 Å². The van der Waals surface area contributed by atoms with Crippen molar-refractivity contribution in [2.24, 2.45) is 0 Å². The minimum absolute atomic E-state index is 0.00303. The zero-order valence-corrected chi connectivity index (χ0v) is 20.2. The molecule has 0 unspecified atom stereocenters. The van der Waals surface area contributed by atoms with Gasteiger partial charge in [0.2, 0.25) is 5.91 Å². The maximum Gasteiger partial charge on any atom is 0.221 e. The molecular weight excluding hydrogens is 432 g/mol. The smallest absolute Gasteiger partial charge is 0.221 e. The Bertz CT molecular complexity index is 1430. The molecule has 1 N–H and O–H groups in total. The number of nitrogens with zero attached hydrogens (tertiary/aromatic N) is 1. The largest absolute Gasteiger partial charge is 0.467 e. The molecule has 0 bridgehead atoms. The molecule has 4 nitrogen and oxygen atoms in total. The van der Waals surface area contributed by atoms with E-state index in [1.54, 1.807) is 6.26 Å². The van der Waals surface area contributed by atoms with Crippen LogP contribution in [0.15, 0.2) is 102 Å². The van der Waals surface area contributed by atoms with Gasteiger partial charge in [0.05, 0.1) is 12.8 Å². The van der Waals surface area contributed by atoms with Crippen LogP contribution in [0, 0.1) is 13.8 Å². The lowest BCUT2D eigenvalue weighted by Crippen LogP contribution is -2.24. The van der Waals surface area contributed by atoms with Crippen LogP contribution >= 0.6 is 0 Å². The second kappa shape index (κ2) is 10.1. The SMILES string of the molecule is Cc1ccc(Cn2cc([C@H](CC(=O)NCc3ccco3)c3cccc(C)c3)c3ccccc32)cc1. The maximum absolute atomic E-state index is 13.1. The van der Waals surface area contributed by atoms with Crippen LogP contribution < -0.4 is 5.32 Å². The maximum atomic E-state index is 13.1. The monoisotopic (exact) mass is 462 g/mol. The van der Waals surface area contributed by atoms with Crippen molar-refractivity contribution in [3.63, 3.8) is 0 Å². The number of aromatic nitrogens is 1. The molecule has 5 aromatic rings. The quantitative estimate of drug-likeness (QED) is 0.278. The highest BCUT2D eigenvalue weighted by Gasteiger charge is 2.23. The van der Waals surface area contributed by atoms with E-state index in [0.717, 1.165) is 17.9 Å². The highest BCUT2D eigenvalue weighted by molar-refractivity contribution is 5.86. The van der Waals surface area contributed by atoms with Crippen molar-refractivity contribution in [3.05, 3.63) is 131 Å². The molecule has 176 valence electrons. The van der Waals surface area contributed by atoms with Crippen molar-refractivity contribution < 1.29 is 9.21 Å². The number of aryl methyl sites for hydroxylation is 2. The van der Waals surface area contributed by atoms with E-state index < -0.39 is 0 Å². The first kappa shape index (κ1) is 22.7. The number of furan rings is 1. The molecule has 1 amide bonds. The zero-order valence-electron chi connectivity index (χ0n) is 20.2. The highest BCUT2D eigenvalue weighted by Crippen LogP contribution is 2.35. The molecular formula is C31H30N2O2. The van der Waals surface area contributed by atoms with Crippen LogP contribution in [0.25, 0.3) is 10.9 Å². The Morgan fingerprint density at radius 2 is 1.74 bits per heavy atom. The van der Waals surface area contributed by atoms with E-state index in [2.05, 4.69) is 103 Å². The van der Waals surface area contributed by atoms with Crippen LogP contribution in [-0.2, 0) is 17.9 Å². The number of para-hydroxylation sites is 1. The number of fused-ring (bicyclic) bond motifs is 1. The fourth-order valence-electron chi connectivity index (χ4n) is 4.72. The lowest BCUT2D eigenvalue weighted by atomic mass is 9.87. The lowest BCUT2D eigenvalue weighted by molar-refractivity contribution is -0.121. The van der Waals surface area contributed by atoms with Gasteiger partial charge in [0.15, 0.2) is 0 Å². The number of nitrogens with one attached hydrogen (secondary N) is 1. The molecule has 0 aliphatic heterocycles. The molecule has 4 heteroatoms. The van der Waals surface area contributed by atoms with Gasteiger partial charge in [-0.3, -0.25) is 4.79 Å². The number of carbonyl (C=O) groups is 1. The standard InChI is InChI=1S/C31H30N2O2/c1-22-12-14-24(15-13-22)20-33-21-29(27-10-3-4-11-30(27)33)28(25-8-5-7-23(2)17-25)18-31(34)32-19-26-9-6-16-35-26/h3-17,21,28H,18-20H2,1-2H3,(H,32,34)/t28-/m1/s1. The molecule has 3 aromatic carbocycles. The van der Waals surface area contributed by atoms with Gasteiger partial charge in [0, 0.05) is 36.0 Å². The summed E-state index contributed by atoms with van der Waals surface area (Å²) in [4.78, 5) is 13.1. The van der Waals surface area contributed by atoms with E-state index in [0.29, 0.717) is 13.0 Å². The van der Waals surface area contributed by atoms with Gasteiger partial charge in [-0.25, -0.2) is 0 Å². The van der Waals surface area contributed by atoms with Gasteiger partial charge in [-0.1, -0.05) is 77.9 Å². The molecule has 0 aliphatic carbocycles. The van der Waals surface area contributed by atoms with E-state index >= 15 is 0 Å². The molecule has 0 radical (unpaired) electrons. The zero-order chi connectivity index (χ0) is 24.2. The van der Waals surface area contributed by atoms with Gasteiger partial charge in [-0.05, 0) is 48.7 Å². The molecule has 35 heavy (non-hydrogen) atoms. The molecule has 0 fully saturated rings. The Morgan fingerprint density at radius 1 is 0.914 bits per heavy atom. The third-order valence-corrected chi connectivity index (χ3v) is 6.54. The second-order valence-corrected chi connectivity index (χ2v) is 9.24. The summed E-state index contributed by atoms with van der Waals surface area (Å²) in [6.07, 6.45) is 4.22. The predicted molar refractivity (Wildman–Crippen MR) is 140 cm³/mol. The topological polar surface area (TPSA) is 47.2 Å². The minimum atomic E-state index is -0.0596. The van der Waals surface area contributed by atoms with Gasteiger partial charge in [-0.2, -0.15) is 0 Å². The second-order valence-electron chi connectivity index (χ2n) is 9.24. The fourth-order valence-corrected chi connectivity index (χ4v) is 4.72. The van der Waals surface area contributed by atoms with Gasteiger partial charge in [0.1, 0.15) is 5.76 Å². The molecule has 0 spiro atoms. The molecule has 2 heterocycles. The number of carbonyl (C=O) groups excluding carboxylic acids is 1. The van der Waals surface area contributed by atoms with E-state index in [4.69, 9.17) is 4.42 Å². The van der Waals surface area contributed by atoms with E-state index in [1.165, 1.54) is 33.2 Å². The Morgan fingerprint density at radius 3 is 2.51 bits per heavy atom. The van der Waals surface area contributed by atoms with Gasteiger partial charge >= 0.3 is 0 Å². The molecule has 0 saturated carbocycles. The summed E-state index contributed by atoms with van der Waals surface area (Å²) in [5, 5.41) is 4.22. The molecule has 2 aromatic heterocycles. The van der Waals surface area contributed by atoms with E-state index in [-0.39, 0.29) is 11.8 Å². The first-order chi connectivity index (χ1) is 17.1. The van der Waals surface area contributed by atoms with Crippen molar-refractivity contribution in [3.8, 4) is 0 Å². The van der Waals surface area contributed by atoms with E-state index in [9.17, 15) is 4.79 Å². The summed E-state index contributed by atoms with van der Waals surface area (Å²) < 4.78 is 7.69. The minimum Gasteiger partial charge on any atom is -0.467 e. The molecule has 5 rings (SSSR count). The van der Waals surface area contributed by atoms with Crippen molar-refractivity contribution in [2.45, 2.75) is 39.3 Å². The summed E-state index contributed by atoms with van der Waals surface area (Å²) in [5.74, 6) is 0.694. The van der Waals surface area contributed by atoms with Crippen LogP contribution in [0.1, 0.15) is 45.9 Å². The predicted octanol–water partition coefficient (Wildman–Crippen LogP) is 6.74. The number of benzene rings is 3. The van der Waals surface area contributed by atoms with Crippen LogP contribution in [-0.4, -0.2) is 10.5 Å². The Labute approximate surface area is 206 Å². The first-order valence-corrected chi connectivity index (χ1v) is 12.1. The summed E-state index contributed by atoms with van der Waals surface area (Å²) in [6, 6.07) is 29.4. The third-order valence-electron chi connectivity index (χ3n) is 6.54. The number of hydrogen-bond acceptors (Lipinski definition) is 2. The number of amides is 1. The molecule has 1 atom stereocenters. The van der Waals surface area contributed by atoms with Crippen molar-refractivity contribution in [2.75, 3.05) is 0 Å². The third kappa shape index (κ3) is 5.22. The van der Waals surface area contributed by atoms with Crippen molar-refractivity contribution in [1.82, 2.24) is 9.88 Å². The number of rotatable bonds is 8. The van der Waals surface area contributed by atoms with Crippen molar-refractivity contribution >= 4 is 16.8 Å². The Hall–Kier alpha value is -4.05. The van der Waals surface area contributed by atoms with Gasteiger partial charge < -0.3 is 14.3 Å². The van der Waals surface area contributed by atoms with Crippen LogP contribution in [0.4, 0.5) is 0 Å². The summed E-state index contributed by atoms with van der Waals surface area (Å²) >= 11 is 0. The first-order valence-electron chi connectivity index (χ1n) is 12.1. The molecule has 0 saturated heterocycles. The average Bonchev–Trinajstić information content (AvgIpc) is 3.51. The Kier molecular flexibility index (Phi) is 6.53. The van der Waals surface area contributed by atoms with Crippen LogP contribution in [0.3, 0.4) is 0 Å². The van der Waals surface area contributed by atoms with Crippen molar-refractivity contribution in [1.29, 1.82) is 0 Å². The van der Waals surface area contributed by atoms with Crippen LogP contribution in [0.2, 0.25) is 0 Å². The number of hydrogen-bond donors (Lipinski definition) is 1. The van der Waals surface area contributed by atoms with E-state index in [1.807, 2.05) is 12.1 Å². The lowest BCUT2D eigenvalue weighted by Gasteiger charge is -2.18. The molecule has 0 aliphatic rings. The van der Waals surface area contributed by atoms with Crippen LogP contribution in [0.5, 0.6) is 0 Å². The summed E-state index contributed by atoms with van der Waals surface area (Å²) in [5.41, 5.74) is 7.20. The van der Waals surface area contributed by atoms with Gasteiger partial charge in [-0.15, -0.1) is 0 Å². The summed E-state index contributed by atoms with van der Waals surface area (Å²) in [7, 11) is 0. The normalized spacial score (nSPS) is 12.1. The fraction of sp³-hybridized carbons (Fsp3) is 0.194. The average molecular weight is 463 g/mol. The summed E-state index contributed by atoms with van der Waals surface area (Å²) in [6.45, 7) is 5.38. The Balaban J connectivity index is 1.51. The highest BCUT2D eigenvalue weighted by atomic mass is 16.3.